The molecule has 1 saturated carbocycles. The molecule has 5 atom stereocenters. The smallest absolute Gasteiger partial charge is 0.263 e. The minimum Gasteiger partial charge on any atom is -0.494 e. The van der Waals surface area contributed by atoms with Gasteiger partial charge in [-0.25, -0.2) is 23.1 Å². The predicted octanol–water partition coefficient (Wildman–Crippen LogP) is 4.66. The van der Waals surface area contributed by atoms with E-state index in [1.54, 1.807) is 19.1 Å². The zero-order chi connectivity index (χ0) is 32.3. The van der Waals surface area contributed by atoms with Crippen molar-refractivity contribution >= 4 is 33.9 Å². The van der Waals surface area contributed by atoms with E-state index in [1.807, 2.05) is 29.8 Å². The van der Waals surface area contributed by atoms with Crippen molar-refractivity contribution in [2.24, 2.45) is 18.9 Å². The molecule has 46 heavy (non-hydrogen) atoms. The summed E-state index contributed by atoms with van der Waals surface area (Å²) in [6.07, 6.45) is 1.58. The summed E-state index contributed by atoms with van der Waals surface area (Å²) in [5, 5.41) is 9.56. The zero-order valence-corrected chi connectivity index (χ0v) is 26.1. The Bertz CT molecular complexity index is 1840. The van der Waals surface area contributed by atoms with Gasteiger partial charge < -0.3 is 29.8 Å². The highest BCUT2D eigenvalue weighted by molar-refractivity contribution is 6.00. The number of piperidine rings is 1. The molecule has 13 heteroatoms. The van der Waals surface area contributed by atoms with E-state index in [9.17, 15) is 22.8 Å². The van der Waals surface area contributed by atoms with Gasteiger partial charge in [-0.3, -0.25) is 9.59 Å². The number of pyridine rings is 1. The predicted molar refractivity (Wildman–Crippen MR) is 167 cm³/mol. The third kappa shape index (κ3) is 5.18. The number of halogens is 3. The Hall–Kier alpha value is -4.13. The average molecular weight is 638 g/mol. The summed E-state index contributed by atoms with van der Waals surface area (Å²) < 4.78 is 53.1. The van der Waals surface area contributed by atoms with Crippen LogP contribution in [-0.2, 0) is 18.4 Å². The summed E-state index contributed by atoms with van der Waals surface area (Å²) in [6.45, 7) is 3.28. The summed E-state index contributed by atoms with van der Waals surface area (Å²) in [5.41, 5.74) is 3.65. The lowest BCUT2D eigenvalue weighted by Gasteiger charge is -2.27. The van der Waals surface area contributed by atoms with Crippen LogP contribution in [0.1, 0.15) is 61.1 Å². The van der Waals surface area contributed by atoms with E-state index in [1.165, 1.54) is 7.11 Å². The molecule has 244 valence electrons. The molecule has 1 aromatic carbocycles. The molecule has 5 heterocycles. The standard InChI is InChI=1S/C33H38F3N7O3/c1-17-22-9-8-18-14-25(43(29(18)39-22)12-6-4-5-7-20-27(32(45)38-17)33(20,35)36)30-40-23-13-19(15-26(46-3)28(23)42(30)2)31(44)41-24-16-37-11-10-21(24)34/h8-9,13-15,17,20-21,24,27,37H,4-7,10-12,16H2,1-3H3,(H,38,45)(H,41,44)/t17-,20-,21+,24+,27+/m1/s1. The maximum atomic E-state index is 14.5. The van der Waals surface area contributed by atoms with Crippen LogP contribution in [0.4, 0.5) is 13.2 Å². The number of aromatic nitrogens is 4. The van der Waals surface area contributed by atoms with Gasteiger partial charge in [-0.05, 0) is 63.1 Å². The molecule has 2 fully saturated rings. The van der Waals surface area contributed by atoms with Crippen LogP contribution in [-0.4, -0.2) is 69.3 Å². The first-order valence-electron chi connectivity index (χ1n) is 16.0. The molecule has 10 nitrogen and oxygen atoms in total. The molecule has 2 amide bonds. The molecule has 0 unspecified atom stereocenters. The Morgan fingerprint density at radius 2 is 1.96 bits per heavy atom. The summed E-state index contributed by atoms with van der Waals surface area (Å²) in [4.78, 5) is 35.9. The van der Waals surface area contributed by atoms with E-state index < -0.39 is 47.8 Å². The van der Waals surface area contributed by atoms with Gasteiger partial charge >= 0.3 is 0 Å². The highest BCUT2D eigenvalue weighted by atomic mass is 19.3. The largest absolute Gasteiger partial charge is 0.494 e. The first kappa shape index (κ1) is 30.5. The van der Waals surface area contributed by atoms with Gasteiger partial charge in [0, 0.05) is 37.0 Å². The first-order chi connectivity index (χ1) is 22.1. The van der Waals surface area contributed by atoms with Crippen molar-refractivity contribution in [1.29, 1.82) is 0 Å². The number of imidazole rings is 1. The normalized spacial score (nSPS) is 26.4. The van der Waals surface area contributed by atoms with Crippen molar-refractivity contribution in [2.75, 3.05) is 20.2 Å². The Balaban J connectivity index is 1.26. The van der Waals surface area contributed by atoms with Crippen LogP contribution in [0.3, 0.4) is 0 Å². The molecule has 3 aromatic heterocycles. The van der Waals surface area contributed by atoms with Crippen molar-refractivity contribution in [3.63, 3.8) is 0 Å². The number of carbonyl (C=O) groups excluding carboxylic acids is 2. The summed E-state index contributed by atoms with van der Waals surface area (Å²) in [5.74, 6) is -5.10. The summed E-state index contributed by atoms with van der Waals surface area (Å²) >= 11 is 0. The van der Waals surface area contributed by atoms with Crippen LogP contribution in [0.5, 0.6) is 5.75 Å². The lowest BCUT2D eigenvalue weighted by Crippen LogP contribution is -2.52. The Kier molecular flexibility index (Phi) is 7.69. The minimum absolute atomic E-state index is 0.306. The number of aryl methyl sites for hydroxylation is 2. The maximum absolute atomic E-state index is 14.5. The van der Waals surface area contributed by atoms with Gasteiger partial charge in [0.1, 0.15) is 29.0 Å². The number of carbonyl (C=O) groups is 2. The number of fused-ring (bicyclic) bond motifs is 3. The zero-order valence-electron chi connectivity index (χ0n) is 26.1. The highest BCUT2D eigenvalue weighted by Gasteiger charge is 2.71. The summed E-state index contributed by atoms with van der Waals surface area (Å²) in [6, 6.07) is 7.90. The quantitative estimate of drug-likeness (QED) is 0.300. The van der Waals surface area contributed by atoms with Crippen LogP contribution in [0, 0.1) is 11.8 Å². The van der Waals surface area contributed by atoms with Gasteiger partial charge in [-0.1, -0.05) is 12.8 Å². The number of ether oxygens (including phenoxy) is 1. The van der Waals surface area contributed by atoms with Crippen molar-refractivity contribution in [2.45, 2.75) is 69.8 Å². The van der Waals surface area contributed by atoms with E-state index in [0.717, 1.165) is 23.9 Å². The average Bonchev–Trinajstić information content (AvgIpc) is 3.26. The second kappa shape index (κ2) is 11.6. The van der Waals surface area contributed by atoms with E-state index >= 15 is 0 Å². The van der Waals surface area contributed by atoms with Gasteiger partial charge in [-0.15, -0.1) is 0 Å². The number of amides is 2. The highest BCUT2D eigenvalue weighted by Crippen LogP contribution is 2.58. The SMILES string of the molecule is COc1cc(C(=O)N[C@H]2CNCC[C@@H]2F)cc2nc(-c3cc4ccc5nc4n3CCCCC[C@@H]3[C@@H](C(=O)N[C@@H]5C)C3(F)F)n(C)c12. The summed E-state index contributed by atoms with van der Waals surface area (Å²) in [7, 11) is 3.41. The van der Waals surface area contributed by atoms with Crippen molar-refractivity contribution in [1.82, 2.24) is 35.1 Å². The van der Waals surface area contributed by atoms with E-state index in [2.05, 4.69) is 20.5 Å². The number of alkyl halides is 3. The third-order valence-electron chi connectivity index (χ3n) is 9.81. The third-order valence-corrected chi connectivity index (χ3v) is 9.81. The molecular weight excluding hydrogens is 599 g/mol. The molecule has 2 bridgehead atoms. The van der Waals surface area contributed by atoms with Gasteiger partial charge in [0.05, 0.1) is 36.1 Å². The van der Waals surface area contributed by atoms with E-state index in [4.69, 9.17) is 14.7 Å². The minimum atomic E-state index is -2.97. The van der Waals surface area contributed by atoms with Gasteiger partial charge in [-0.2, -0.15) is 0 Å². The van der Waals surface area contributed by atoms with E-state index in [0.29, 0.717) is 78.4 Å². The van der Waals surface area contributed by atoms with Crippen molar-refractivity contribution < 1.29 is 27.5 Å². The topological polar surface area (TPSA) is 115 Å². The van der Waals surface area contributed by atoms with Gasteiger partial charge in [0.25, 0.3) is 11.8 Å². The molecule has 1 aliphatic carbocycles. The second-order valence-electron chi connectivity index (χ2n) is 12.8. The molecule has 3 aliphatic rings. The fraction of sp³-hybridized carbons (Fsp3) is 0.515. The number of rotatable bonds is 4. The number of benzene rings is 1. The van der Waals surface area contributed by atoms with Crippen LogP contribution in [0.25, 0.3) is 33.6 Å². The van der Waals surface area contributed by atoms with Crippen molar-refractivity contribution in [3.05, 3.63) is 41.6 Å². The molecule has 0 radical (unpaired) electrons. The lowest BCUT2D eigenvalue weighted by atomic mass is 10.0. The monoisotopic (exact) mass is 637 g/mol. The fourth-order valence-corrected chi connectivity index (χ4v) is 7.14. The molecule has 4 aromatic rings. The number of nitrogens with zero attached hydrogens (tertiary/aromatic N) is 4. The number of hydrogen-bond acceptors (Lipinski definition) is 6. The Morgan fingerprint density at radius 1 is 1.13 bits per heavy atom. The maximum Gasteiger partial charge on any atom is 0.263 e. The Morgan fingerprint density at radius 3 is 2.74 bits per heavy atom. The van der Waals surface area contributed by atoms with E-state index in [-0.39, 0.29) is 0 Å². The van der Waals surface area contributed by atoms with Crippen molar-refractivity contribution in [3.8, 4) is 17.3 Å². The number of nitrogens with one attached hydrogen (secondary N) is 3. The van der Waals surface area contributed by atoms with Crippen LogP contribution in [0.15, 0.2) is 30.3 Å². The number of methoxy groups -OCH3 is 1. The number of hydrogen-bond donors (Lipinski definition) is 3. The molecular formula is C33H38F3N7O3. The van der Waals surface area contributed by atoms with Gasteiger partial charge in [0.15, 0.2) is 5.82 Å². The lowest BCUT2D eigenvalue weighted by molar-refractivity contribution is -0.125. The molecule has 1 saturated heterocycles. The first-order valence-corrected chi connectivity index (χ1v) is 16.0. The van der Waals surface area contributed by atoms with Crippen LogP contribution >= 0.6 is 0 Å². The fourth-order valence-electron chi connectivity index (χ4n) is 7.14. The molecule has 7 rings (SSSR count). The van der Waals surface area contributed by atoms with Crippen LogP contribution < -0.4 is 20.7 Å². The molecule has 2 aliphatic heterocycles. The van der Waals surface area contributed by atoms with Gasteiger partial charge in [0.2, 0.25) is 5.91 Å². The van der Waals surface area contributed by atoms with Crippen LogP contribution in [0.2, 0.25) is 0 Å². The second-order valence-corrected chi connectivity index (χ2v) is 12.8. The molecule has 0 spiro atoms. The molecule has 3 N–H and O–H groups in total. The Labute approximate surface area is 264 Å².